The van der Waals surface area contributed by atoms with E-state index in [1.54, 1.807) is 0 Å². The van der Waals surface area contributed by atoms with Crippen LogP contribution in [0.15, 0.2) is 18.2 Å². The van der Waals surface area contributed by atoms with Crippen LogP contribution < -0.4 is 15.8 Å². The molecule has 0 fully saturated rings. The maximum Gasteiger partial charge on any atom is 0.226 e. The summed E-state index contributed by atoms with van der Waals surface area (Å²) in [4.78, 5) is 8.46. The van der Waals surface area contributed by atoms with Gasteiger partial charge in [0.05, 0.1) is 6.61 Å². The molecule has 0 unspecified atom stereocenters. The first-order valence-electron chi connectivity index (χ1n) is 5.33. The van der Waals surface area contributed by atoms with Crippen molar-refractivity contribution in [2.75, 3.05) is 25.0 Å². The van der Waals surface area contributed by atoms with Gasteiger partial charge in [0.15, 0.2) is 0 Å². The summed E-state index contributed by atoms with van der Waals surface area (Å²) in [6.07, 6.45) is 3.82. The van der Waals surface area contributed by atoms with Crippen LogP contribution in [-0.4, -0.2) is 29.7 Å². The molecular formula is C11H18N4O. The summed E-state index contributed by atoms with van der Waals surface area (Å²) < 4.78 is 5.33. The van der Waals surface area contributed by atoms with Crippen LogP contribution in [0.5, 0.6) is 5.88 Å². The second-order valence-electron chi connectivity index (χ2n) is 3.19. The average molecular weight is 222 g/mol. The van der Waals surface area contributed by atoms with Crippen molar-refractivity contribution in [1.29, 1.82) is 0 Å². The van der Waals surface area contributed by atoms with Crippen molar-refractivity contribution in [3.05, 3.63) is 23.9 Å². The second kappa shape index (κ2) is 6.79. The average Bonchev–Trinajstić information content (AvgIpc) is 2.24. The molecular weight excluding hydrogens is 204 g/mol. The first-order valence-corrected chi connectivity index (χ1v) is 5.33. The van der Waals surface area contributed by atoms with E-state index in [0.29, 0.717) is 31.5 Å². The van der Waals surface area contributed by atoms with Gasteiger partial charge in [-0.05, 0) is 13.8 Å². The Morgan fingerprint density at radius 1 is 1.44 bits per heavy atom. The molecule has 0 atom stereocenters. The number of ether oxygens (including phenoxy) is 1. The molecule has 0 spiro atoms. The Balaban J connectivity index is 2.61. The number of hydrogen-bond acceptors (Lipinski definition) is 5. The zero-order chi connectivity index (χ0) is 11.8. The normalized spacial score (nSPS) is 10.7. The van der Waals surface area contributed by atoms with Gasteiger partial charge in [0.2, 0.25) is 11.8 Å². The van der Waals surface area contributed by atoms with E-state index in [0.717, 1.165) is 5.69 Å². The van der Waals surface area contributed by atoms with Gasteiger partial charge in [-0.3, -0.25) is 0 Å². The van der Waals surface area contributed by atoms with Crippen LogP contribution in [0, 0.1) is 6.92 Å². The van der Waals surface area contributed by atoms with Gasteiger partial charge in [-0.1, -0.05) is 12.2 Å². The number of aryl methyl sites for hydroxylation is 1. The van der Waals surface area contributed by atoms with Gasteiger partial charge >= 0.3 is 0 Å². The molecule has 0 amide bonds. The van der Waals surface area contributed by atoms with Crippen molar-refractivity contribution < 1.29 is 4.74 Å². The Labute approximate surface area is 95.7 Å². The number of anilines is 1. The van der Waals surface area contributed by atoms with E-state index >= 15 is 0 Å². The van der Waals surface area contributed by atoms with Crippen molar-refractivity contribution in [1.82, 2.24) is 9.97 Å². The largest absolute Gasteiger partial charge is 0.478 e. The highest BCUT2D eigenvalue weighted by atomic mass is 16.5. The fourth-order valence-corrected chi connectivity index (χ4v) is 1.17. The van der Waals surface area contributed by atoms with Crippen LogP contribution in [0.2, 0.25) is 0 Å². The van der Waals surface area contributed by atoms with Gasteiger partial charge in [-0.25, -0.2) is 4.98 Å². The molecule has 0 radical (unpaired) electrons. The molecule has 0 saturated heterocycles. The number of nitrogens with one attached hydrogen (secondary N) is 1. The number of rotatable bonds is 6. The highest BCUT2D eigenvalue weighted by Crippen LogP contribution is 2.11. The van der Waals surface area contributed by atoms with E-state index in [2.05, 4.69) is 15.3 Å². The molecule has 1 heterocycles. The molecule has 0 bridgehead atoms. The third kappa shape index (κ3) is 4.27. The summed E-state index contributed by atoms with van der Waals surface area (Å²) in [6, 6.07) is 1.81. The lowest BCUT2D eigenvalue weighted by Gasteiger charge is -2.06. The van der Waals surface area contributed by atoms with Crippen molar-refractivity contribution in [2.45, 2.75) is 13.8 Å². The van der Waals surface area contributed by atoms with Crippen molar-refractivity contribution in [3.63, 3.8) is 0 Å². The lowest BCUT2D eigenvalue weighted by Crippen LogP contribution is -2.06. The molecule has 0 aliphatic carbocycles. The van der Waals surface area contributed by atoms with Gasteiger partial charge in [-0.15, -0.1) is 0 Å². The molecule has 88 valence electrons. The van der Waals surface area contributed by atoms with Crippen LogP contribution in [0.1, 0.15) is 12.6 Å². The Bertz CT molecular complexity index is 352. The summed E-state index contributed by atoms with van der Waals surface area (Å²) in [5.74, 6) is 1.17. The quantitative estimate of drug-likeness (QED) is 0.705. The third-order valence-corrected chi connectivity index (χ3v) is 1.80. The van der Waals surface area contributed by atoms with Crippen LogP contribution >= 0.6 is 0 Å². The smallest absolute Gasteiger partial charge is 0.226 e. The molecule has 0 aliphatic heterocycles. The molecule has 3 N–H and O–H groups in total. The Morgan fingerprint density at radius 2 is 2.25 bits per heavy atom. The van der Waals surface area contributed by atoms with Gasteiger partial charge in [0.25, 0.3) is 0 Å². The topological polar surface area (TPSA) is 73.1 Å². The summed E-state index contributed by atoms with van der Waals surface area (Å²) in [7, 11) is 0. The lowest BCUT2D eigenvalue weighted by molar-refractivity contribution is 0.326. The Hall–Kier alpha value is -1.62. The maximum atomic E-state index is 5.33. The second-order valence-corrected chi connectivity index (χ2v) is 3.19. The predicted octanol–water partition coefficient (Wildman–Crippen LogP) is 1.11. The third-order valence-electron chi connectivity index (χ3n) is 1.80. The molecule has 16 heavy (non-hydrogen) atoms. The molecule has 5 heteroatoms. The van der Waals surface area contributed by atoms with E-state index < -0.39 is 0 Å². The number of hydrogen-bond donors (Lipinski definition) is 2. The van der Waals surface area contributed by atoms with Crippen LogP contribution in [0.4, 0.5) is 5.95 Å². The van der Waals surface area contributed by atoms with Crippen molar-refractivity contribution in [2.24, 2.45) is 5.73 Å². The molecule has 0 aliphatic rings. The zero-order valence-electron chi connectivity index (χ0n) is 9.73. The minimum atomic E-state index is 0.542. The summed E-state index contributed by atoms with van der Waals surface area (Å²) >= 11 is 0. The standard InChI is InChI=1S/C11H18N4O/c1-3-16-10-8-9(2)14-11(15-10)13-7-5-4-6-12/h4-5,8H,3,6-7,12H2,1-2H3,(H,13,14,15)/b5-4+. The van der Waals surface area contributed by atoms with E-state index in [-0.39, 0.29) is 0 Å². The van der Waals surface area contributed by atoms with Crippen LogP contribution in [-0.2, 0) is 0 Å². The molecule has 0 aromatic carbocycles. The minimum Gasteiger partial charge on any atom is -0.478 e. The van der Waals surface area contributed by atoms with Gasteiger partial charge in [0.1, 0.15) is 0 Å². The van der Waals surface area contributed by atoms with Crippen LogP contribution in [0.3, 0.4) is 0 Å². The van der Waals surface area contributed by atoms with Gasteiger partial charge in [-0.2, -0.15) is 4.98 Å². The molecule has 1 aromatic heterocycles. The van der Waals surface area contributed by atoms with E-state index in [1.165, 1.54) is 0 Å². The summed E-state index contributed by atoms with van der Waals surface area (Å²) in [5, 5.41) is 3.07. The van der Waals surface area contributed by atoms with E-state index in [4.69, 9.17) is 10.5 Å². The lowest BCUT2D eigenvalue weighted by atomic mass is 10.4. The minimum absolute atomic E-state index is 0.542. The van der Waals surface area contributed by atoms with Crippen molar-refractivity contribution >= 4 is 5.95 Å². The molecule has 1 rings (SSSR count). The Morgan fingerprint density at radius 3 is 2.94 bits per heavy atom. The van der Waals surface area contributed by atoms with Crippen LogP contribution in [0.25, 0.3) is 0 Å². The van der Waals surface area contributed by atoms with Gasteiger partial charge in [0, 0.05) is 24.8 Å². The van der Waals surface area contributed by atoms with E-state index in [1.807, 2.05) is 32.1 Å². The predicted molar refractivity (Wildman–Crippen MR) is 64.6 cm³/mol. The SMILES string of the molecule is CCOc1cc(C)nc(NC/C=C/CN)n1. The maximum absolute atomic E-state index is 5.33. The Kier molecular flexibility index (Phi) is 5.28. The molecule has 5 nitrogen and oxygen atoms in total. The fourth-order valence-electron chi connectivity index (χ4n) is 1.17. The molecule has 0 saturated carbocycles. The number of nitrogens with zero attached hydrogens (tertiary/aromatic N) is 2. The van der Waals surface area contributed by atoms with E-state index in [9.17, 15) is 0 Å². The first-order chi connectivity index (χ1) is 7.76. The molecule has 1 aromatic rings. The fraction of sp³-hybridized carbons (Fsp3) is 0.455. The first kappa shape index (κ1) is 12.4. The monoisotopic (exact) mass is 222 g/mol. The van der Waals surface area contributed by atoms with Crippen molar-refractivity contribution in [3.8, 4) is 5.88 Å². The highest BCUT2D eigenvalue weighted by Gasteiger charge is 2.00. The van der Waals surface area contributed by atoms with Gasteiger partial charge < -0.3 is 15.8 Å². The number of aromatic nitrogens is 2. The summed E-state index contributed by atoms with van der Waals surface area (Å²) in [5.41, 5.74) is 6.21. The number of nitrogens with two attached hydrogens (primary N) is 1. The highest BCUT2D eigenvalue weighted by molar-refractivity contribution is 5.31. The zero-order valence-corrected chi connectivity index (χ0v) is 9.73. The summed E-state index contributed by atoms with van der Waals surface area (Å²) in [6.45, 7) is 5.63.